The molecule has 0 spiro atoms. The van der Waals surface area contributed by atoms with Crippen molar-refractivity contribution in [3.05, 3.63) is 83.4 Å². The lowest BCUT2D eigenvalue weighted by Crippen LogP contribution is -2.43. The van der Waals surface area contributed by atoms with Gasteiger partial charge in [-0.2, -0.15) is 23.4 Å². The first-order chi connectivity index (χ1) is 25.9. The summed E-state index contributed by atoms with van der Waals surface area (Å²) in [6, 6.07) is 14.4. The number of hydrogen-bond acceptors (Lipinski definition) is 7. The number of rotatable bonds is 7. The van der Waals surface area contributed by atoms with Crippen LogP contribution in [0.5, 0.6) is 0 Å². The Morgan fingerprint density at radius 3 is 2.54 bits per heavy atom. The fraction of sp³-hybridized carbons (Fsp3) is 0.436. The molecule has 3 aromatic heterocycles. The summed E-state index contributed by atoms with van der Waals surface area (Å²) in [6.07, 6.45) is 1.41. The summed E-state index contributed by atoms with van der Waals surface area (Å²) in [7, 11) is 1.83. The molecule has 282 valence electrons. The molecule has 1 aliphatic carbocycles. The number of hydrogen-bond donors (Lipinski definition) is 2. The van der Waals surface area contributed by atoms with Crippen LogP contribution >= 0.6 is 0 Å². The van der Waals surface area contributed by atoms with Crippen molar-refractivity contribution in [2.24, 2.45) is 13.0 Å². The van der Waals surface area contributed by atoms with Gasteiger partial charge in [0.05, 0.1) is 28.7 Å². The quantitative estimate of drug-likeness (QED) is 0.141. The van der Waals surface area contributed by atoms with Crippen molar-refractivity contribution in [1.82, 2.24) is 34.8 Å². The maximum absolute atomic E-state index is 16.0. The molecule has 3 fully saturated rings. The second-order valence-electron chi connectivity index (χ2n) is 14.8. The van der Waals surface area contributed by atoms with Crippen molar-refractivity contribution < 1.29 is 31.9 Å². The number of piperidine rings is 2. The Labute approximate surface area is 308 Å². The topological polar surface area (TPSA) is 127 Å². The summed E-state index contributed by atoms with van der Waals surface area (Å²) in [5.41, 5.74) is 2.11. The predicted molar refractivity (Wildman–Crippen MR) is 192 cm³/mol. The Morgan fingerprint density at radius 1 is 0.981 bits per heavy atom. The van der Waals surface area contributed by atoms with Gasteiger partial charge in [-0.05, 0) is 86.9 Å². The lowest BCUT2D eigenvalue weighted by Gasteiger charge is -2.38. The van der Waals surface area contributed by atoms with Crippen LogP contribution in [-0.2, 0) is 22.8 Å². The number of fused-ring (bicyclic) bond motifs is 2. The van der Waals surface area contributed by atoms with Gasteiger partial charge in [0.15, 0.2) is 0 Å². The van der Waals surface area contributed by atoms with E-state index in [2.05, 4.69) is 20.5 Å². The molecule has 54 heavy (non-hydrogen) atoms. The highest BCUT2D eigenvalue weighted by atomic mass is 19.4. The molecule has 5 heterocycles. The van der Waals surface area contributed by atoms with Gasteiger partial charge in [-0.3, -0.25) is 29.1 Å². The highest BCUT2D eigenvalue weighted by molar-refractivity contribution is 6.04. The van der Waals surface area contributed by atoms with E-state index in [9.17, 15) is 27.6 Å². The van der Waals surface area contributed by atoms with E-state index in [4.69, 9.17) is 10.2 Å². The van der Waals surface area contributed by atoms with Gasteiger partial charge in [-0.25, -0.2) is 9.37 Å². The van der Waals surface area contributed by atoms with Crippen LogP contribution in [0.15, 0.2) is 60.8 Å². The number of aromatic nitrogens is 5. The van der Waals surface area contributed by atoms with Crippen LogP contribution < -0.4 is 10.6 Å². The molecule has 8 rings (SSSR count). The number of pyridine rings is 1. The standard InChI is InChI=1S/C39H40F4N8O3/c1-49-36-27(4-2-5-28(36)35(48-49)29-13-15-34(52)46-37(29)53)26-16-17-50(21-30(26)40)19-22-8-11-25(12-9-22)51-20-23-18-24(10-14-31(23)47-51)44-38(54)32-6-3-7-33(45-32)39(41,42)43/h2-7,10,14,18,20,22,25-26,29-30H,8-9,11-13,15-17,19,21H2,1H3,(H,44,54)(H,46,52,53)/t22?,25?,26-,29?,30+/m0/s1. The Morgan fingerprint density at radius 2 is 1.78 bits per heavy atom. The lowest BCUT2D eigenvalue weighted by atomic mass is 9.83. The number of carbonyl (C=O) groups is 3. The zero-order valence-electron chi connectivity index (χ0n) is 29.7. The summed E-state index contributed by atoms with van der Waals surface area (Å²) in [5, 5.41) is 16.2. The molecule has 3 aliphatic rings. The summed E-state index contributed by atoms with van der Waals surface area (Å²) in [4.78, 5) is 42.8. The summed E-state index contributed by atoms with van der Waals surface area (Å²) >= 11 is 0. The maximum atomic E-state index is 16.0. The molecule has 0 bridgehead atoms. The summed E-state index contributed by atoms with van der Waals surface area (Å²) < 4.78 is 59.0. The Balaban J connectivity index is 0.862. The van der Waals surface area contributed by atoms with Gasteiger partial charge in [0.2, 0.25) is 11.8 Å². The third-order valence-electron chi connectivity index (χ3n) is 11.3. The SMILES string of the molecule is Cn1nc(C2CCC(=O)NC2=O)c2cccc([C@@H]3CCN(CC4CCC(n5cc6cc(NC(=O)c7cccc(C(F)(F)F)n7)ccc6n5)CC4)C[C@H]3F)c21. The summed E-state index contributed by atoms with van der Waals surface area (Å²) in [5.74, 6) is -1.70. The van der Waals surface area contributed by atoms with Crippen molar-refractivity contribution in [2.75, 3.05) is 25.0 Å². The predicted octanol–water partition coefficient (Wildman–Crippen LogP) is 6.67. The van der Waals surface area contributed by atoms with Gasteiger partial charge >= 0.3 is 6.18 Å². The molecule has 0 radical (unpaired) electrons. The Bertz CT molecular complexity index is 2240. The van der Waals surface area contributed by atoms with Crippen LogP contribution in [0, 0.1) is 5.92 Å². The van der Waals surface area contributed by atoms with Crippen LogP contribution in [0.1, 0.15) is 90.3 Å². The molecule has 5 aromatic rings. The van der Waals surface area contributed by atoms with Gasteiger partial charge in [-0.1, -0.05) is 24.3 Å². The fourth-order valence-electron chi connectivity index (χ4n) is 8.57. The molecule has 2 saturated heterocycles. The number of nitrogens with one attached hydrogen (secondary N) is 2. The van der Waals surface area contributed by atoms with Gasteiger partial charge in [-0.15, -0.1) is 0 Å². The zero-order chi connectivity index (χ0) is 37.7. The molecular weight excluding hydrogens is 704 g/mol. The molecule has 3 amide bonds. The number of carbonyl (C=O) groups excluding carboxylic acids is 3. The minimum absolute atomic E-state index is 0.199. The van der Waals surface area contributed by atoms with Gasteiger partial charge in [0, 0.05) is 55.1 Å². The molecule has 3 atom stereocenters. The molecule has 1 unspecified atom stereocenters. The lowest BCUT2D eigenvalue weighted by molar-refractivity contribution is -0.141. The number of halogens is 4. The van der Waals surface area contributed by atoms with Crippen molar-refractivity contribution in [3.8, 4) is 0 Å². The van der Waals surface area contributed by atoms with Crippen molar-refractivity contribution in [2.45, 2.75) is 75.2 Å². The molecule has 2 aliphatic heterocycles. The first-order valence-corrected chi connectivity index (χ1v) is 18.4. The Kier molecular flexibility index (Phi) is 9.44. The third-order valence-corrected chi connectivity index (χ3v) is 11.3. The number of likely N-dealkylation sites (tertiary alicyclic amines) is 1. The van der Waals surface area contributed by atoms with E-state index < -0.39 is 29.9 Å². The van der Waals surface area contributed by atoms with Crippen LogP contribution in [0.4, 0.5) is 23.2 Å². The third kappa shape index (κ3) is 7.08. The largest absolute Gasteiger partial charge is 0.433 e. The van der Waals surface area contributed by atoms with Crippen LogP contribution in [0.3, 0.4) is 0 Å². The van der Waals surface area contributed by atoms with Crippen LogP contribution in [0.25, 0.3) is 21.8 Å². The minimum Gasteiger partial charge on any atom is -0.321 e. The van der Waals surface area contributed by atoms with E-state index in [1.165, 1.54) is 6.07 Å². The van der Waals surface area contributed by atoms with Gasteiger partial charge < -0.3 is 10.2 Å². The molecule has 1 saturated carbocycles. The number of benzene rings is 2. The second-order valence-corrected chi connectivity index (χ2v) is 14.8. The maximum Gasteiger partial charge on any atom is 0.433 e. The normalized spacial score (nSPS) is 24.2. The highest BCUT2D eigenvalue weighted by Crippen LogP contribution is 2.40. The number of nitrogens with zero attached hydrogens (tertiary/aromatic N) is 6. The minimum atomic E-state index is -4.65. The molecule has 11 nitrogen and oxygen atoms in total. The highest BCUT2D eigenvalue weighted by Gasteiger charge is 2.37. The van der Waals surface area contributed by atoms with E-state index in [1.807, 2.05) is 36.1 Å². The monoisotopic (exact) mass is 744 g/mol. The first kappa shape index (κ1) is 35.8. The number of amides is 3. The van der Waals surface area contributed by atoms with E-state index in [1.54, 1.807) is 22.9 Å². The fourth-order valence-corrected chi connectivity index (χ4v) is 8.57. The van der Waals surface area contributed by atoms with E-state index >= 15 is 4.39 Å². The Hall–Kier alpha value is -5.18. The van der Waals surface area contributed by atoms with Crippen LogP contribution in [-0.4, -0.2) is 73.0 Å². The van der Waals surface area contributed by atoms with Crippen molar-refractivity contribution in [1.29, 1.82) is 0 Å². The average Bonchev–Trinajstić information content (AvgIpc) is 3.72. The first-order valence-electron chi connectivity index (χ1n) is 18.4. The van der Waals surface area contributed by atoms with Crippen molar-refractivity contribution >= 4 is 45.2 Å². The zero-order valence-corrected chi connectivity index (χ0v) is 29.7. The van der Waals surface area contributed by atoms with Crippen LogP contribution in [0.2, 0.25) is 0 Å². The van der Waals surface area contributed by atoms with Gasteiger partial charge in [0.1, 0.15) is 17.6 Å². The van der Waals surface area contributed by atoms with E-state index in [0.717, 1.165) is 78.3 Å². The molecule has 15 heteroatoms. The van der Waals surface area contributed by atoms with E-state index in [-0.39, 0.29) is 35.9 Å². The van der Waals surface area contributed by atoms with Gasteiger partial charge in [0.25, 0.3) is 5.91 Å². The number of anilines is 1. The van der Waals surface area contributed by atoms with Crippen molar-refractivity contribution in [3.63, 3.8) is 0 Å². The number of para-hydroxylation sites is 1. The summed E-state index contributed by atoms with van der Waals surface area (Å²) in [6.45, 7) is 1.97. The number of aryl methyl sites for hydroxylation is 1. The smallest absolute Gasteiger partial charge is 0.321 e. The number of alkyl halides is 4. The molecular formula is C39H40F4N8O3. The molecule has 2 aromatic carbocycles. The molecule has 2 N–H and O–H groups in total. The number of imide groups is 1. The average molecular weight is 745 g/mol. The van der Waals surface area contributed by atoms with E-state index in [0.29, 0.717) is 36.7 Å². The second kappa shape index (κ2) is 14.2.